The van der Waals surface area contributed by atoms with Crippen LogP contribution in [-0.4, -0.2) is 24.0 Å². The Morgan fingerprint density at radius 1 is 1.12 bits per heavy atom. The van der Waals surface area contributed by atoms with Gasteiger partial charge >= 0.3 is 5.97 Å². The van der Waals surface area contributed by atoms with Crippen LogP contribution in [0.1, 0.15) is 36.7 Å². The van der Waals surface area contributed by atoms with Crippen molar-refractivity contribution in [3.8, 4) is 0 Å². The summed E-state index contributed by atoms with van der Waals surface area (Å²) in [7, 11) is 0. The molecule has 1 fully saturated rings. The van der Waals surface area contributed by atoms with Crippen LogP contribution in [0.3, 0.4) is 0 Å². The molecule has 0 amide bonds. The summed E-state index contributed by atoms with van der Waals surface area (Å²) in [5.41, 5.74) is -0.196. The summed E-state index contributed by atoms with van der Waals surface area (Å²) in [5.74, 6) is -1.36. The Hall–Kier alpha value is -2.66. The van der Waals surface area contributed by atoms with Crippen molar-refractivity contribution in [2.45, 2.75) is 31.9 Å². The number of nitrogens with zero attached hydrogens (tertiary/aromatic N) is 1. The van der Waals surface area contributed by atoms with Gasteiger partial charge in [-0.25, -0.2) is 5.06 Å². The molecule has 2 atom stereocenters. The SMILES string of the molecule is CCOC(=O)[C@H]1C(C)(C)ON2c3ccccc3C(=O)[C@]12c1ccccc1. The molecule has 2 heterocycles. The number of Topliss-reactive ketones (excluding diaryl/α,β-unsaturated/α-hetero) is 1. The van der Waals surface area contributed by atoms with Crippen LogP contribution in [0.25, 0.3) is 0 Å². The number of esters is 1. The first-order chi connectivity index (χ1) is 12.4. The average Bonchev–Trinajstić information content (AvgIpc) is 3.02. The van der Waals surface area contributed by atoms with Gasteiger partial charge in [-0.05, 0) is 38.5 Å². The smallest absolute Gasteiger partial charge is 0.315 e. The van der Waals surface area contributed by atoms with Crippen LogP contribution >= 0.6 is 0 Å². The molecule has 0 unspecified atom stereocenters. The molecule has 1 saturated heterocycles. The fourth-order valence-electron chi connectivity index (χ4n) is 4.28. The van der Waals surface area contributed by atoms with Crippen molar-refractivity contribution in [3.05, 3.63) is 65.7 Å². The van der Waals surface area contributed by atoms with Crippen molar-refractivity contribution in [2.24, 2.45) is 5.92 Å². The highest BCUT2D eigenvalue weighted by atomic mass is 16.7. The number of carbonyl (C=O) groups is 2. The minimum absolute atomic E-state index is 0.136. The summed E-state index contributed by atoms with van der Waals surface area (Å²) >= 11 is 0. The van der Waals surface area contributed by atoms with Crippen molar-refractivity contribution >= 4 is 17.4 Å². The van der Waals surface area contributed by atoms with E-state index in [4.69, 9.17) is 9.57 Å². The molecule has 2 aromatic carbocycles. The second kappa shape index (κ2) is 5.68. The zero-order chi connectivity index (χ0) is 18.5. The molecule has 5 heteroatoms. The molecule has 134 valence electrons. The van der Waals surface area contributed by atoms with Crippen molar-refractivity contribution in [1.29, 1.82) is 0 Å². The van der Waals surface area contributed by atoms with Crippen LogP contribution in [0.2, 0.25) is 0 Å². The lowest BCUT2D eigenvalue weighted by Gasteiger charge is -2.34. The van der Waals surface area contributed by atoms with E-state index < -0.39 is 23.0 Å². The highest BCUT2D eigenvalue weighted by Gasteiger charge is 2.71. The average molecular weight is 351 g/mol. The van der Waals surface area contributed by atoms with Gasteiger partial charge in [-0.3, -0.25) is 14.4 Å². The summed E-state index contributed by atoms with van der Waals surface area (Å²) in [5, 5.41) is 1.63. The predicted octanol–water partition coefficient (Wildman–Crippen LogP) is 3.49. The summed E-state index contributed by atoms with van der Waals surface area (Å²) in [6, 6.07) is 16.7. The highest BCUT2D eigenvalue weighted by Crippen LogP contribution is 2.58. The highest BCUT2D eigenvalue weighted by molar-refractivity contribution is 6.16. The molecule has 2 aliphatic heterocycles. The van der Waals surface area contributed by atoms with Crippen LogP contribution in [0.5, 0.6) is 0 Å². The zero-order valence-corrected chi connectivity index (χ0v) is 15.1. The minimum Gasteiger partial charge on any atom is -0.466 e. The lowest BCUT2D eigenvalue weighted by molar-refractivity contribution is -0.154. The summed E-state index contributed by atoms with van der Waals surface area (Å²) in [4.78, 5) is 32.9. The summed E-state index contributed by atoms with van der Waals surface area (Å²) < 4.78 is 5.37. The second-order valence-electron chi connectivity index (χ2n) is 7.15. The second-order valence-corrected chi connectivity index (χ2v) is 7.15. The van der Waals surface area contributed by atoms with Gasteiger partial charge in [0.25, 0.3) is 0 Å². The number of ketones is 1. The van der Waals surface area contributed by atoms with E-state index in [0.29, 0.717) is 11.3 Å². The van der Waals surface area contributed by atoms with Crippen LogP contribution < -0.4 is 5.06 Å². The number of para-hydroxylation sites is 1. The standard InChI is InChI=1S/C21H21NO4/c1-4-25-19(24)17-20(2,3)26-22-16-13-9-8-12-15(16)18(23)21(17,22)14-10-6-5-7-11-14/h5-13,17H,4H2,1-3H3/t17-,21-/m0/s1. The lowest BCUT2D eigenvalue weighted by Crippen LogP contribution is -2.52. The molecule has 0 spiro atoms. The van der Waals surface area contributed by atoms with Gasteiger partial charge in [-0.2, -0.15) is 0 Å². The van der Waals surface area contributed by atoms with E-state index in [-0.39, 0.29) is 12.4 Å². The van der Waals surface area contributed by atoms with E-state index in [9.17, 15) is 9.59 Å². The number of benzene rings is 2. The van der Waals surface area contributed by atoms with Crippen molar-refractivity contribution in [3.63, 3.8) is 0 Å². The van der Waals surface area contributed by atoms with Crippen LogP contribution in [0.4, 0.5) is 5.69 Å². The maximum absolute atomic E-state index is 13.7. The molecule has 26 heavy (non-hydrogen) atoms. The van der Waals surface area contributed by atoms with Crippen molar-refractivity contribution in [1.82, 2.24) is 0 Å². The fraction of sp³-hybridized carbons (Fsp3) is 0.333. The molecule has 2 aliphatic rings. The number of hydrogen-bond acceptors (Lipinski definition) is 5. The number of rotatable bonds is 3. The molecule has 0 saturated carbocycles. The van der Waals surface area contributed by atoms with Gasteiger partial charge < -0.3 is 4.74 Å². The number of hydrogen-bond donors (Lipinski definition) is 0. The van der Waals surface area contributed by atoms with Gasteiger partial charge in [-0.1, -0.05) is 42.5 Å². The topological polar surface area (TPSA) is 55.8 Å². The van der Waals surface area contributed by atoms with E-state index in [1.807, 2.05) is 62.4 Å². The van der Waals surface area contributed by atoms with Gasteiger partial charge in [0, 0.05) is 5.56 Å². The third kappa shape index (κ3) is 2.01. The number of ether oxygens (including phenoxy) is 1. The molecule has 0 radical (unpaired) electrons. The molecule has 4 rings (SSSR count). The summed E-state index contributed by atoms with van der Waals surface area (Å²) in [6.45, 7) is 5.66. The first-order valence-corrected chi connectivity index (χ1v) is 8.80. The number of hydroxylamine groups is 1. The largest absolute Gasteiger partial charge is 0.466 e. The first kappa shape index (κ1) is 16.8. The predicted molar refractivity (Wildman–Crippen MR) is 96.7 cm³/mol. The number of fused-ring (bicyclic) bond motifs is 3. The van der Waals surface area contributed by atoms with Crippen LogP contribution in [0.15, 0.2) is 54.6 Å². The molecule has 0 aromatic heterocycles. The first-order valence-electron chi connectivity index (χ1n) is 8.80. The van der Waals surface area contributed by atoms with E-state index >= 15 is 0 Å². The zero-order valence-electron chi connectivity index (χ0n) is 15.1. The fourth-order valence-corrected chi connectivity index (χ4v) is 4.28. The third-order valence-electron chi connectivity index (χ3n) is 5.21. The molecule has 2 aromatic rings. The number of anilines is 1. The van der Waals surface area contributed by atoms with Crippen LogP contribution in [-0.2, 0) is 19.9 Å². The normalized spacial score (nSPS) is 25.7. The molecule has 0 bridgehead atoms. The Labute approximate surface area is 152 Å². The Bertz CT molecular complexity index is 877. The van der Waals surface area contributed by atoms with E-state index in [0.717, 1.165) is 5.56 Å². The lowest BCUT2D eigenvalue weighted by atomic mass is 9.69. The van der Waals surface area contributed by atoms with Crippen molar-refractivity contribution in [2.75, 3.05) is 11.7 Å². The monoisotopic (exact) mass is 351 g/mol. The Morgan fingerprint density at radius 2 is 1.77 bits per heavy atom. The third-order valence-corrected chi connectivity index (χ3v) is 5.21. The Balaban J connectivity index is 2.01. The maximum atomic E-state index is 13.7. The van der Waals surface area contributed by atoms with Crippen molar-refractivity contribution < 1.29 is 19.2 Å². The Kier molecular flexibility index (Phi) is 3.66. The van der Waals surface area contributed by atoms with Gasteiger partial charge in [0.05, 0.1) is 12.3 Å². The van der Waals surface area contributed by atoms with E-state index in [1.54, 1.807) is 18.1 Å². The summed E-state index contributed by atoms with van der Waals surface area (Å²) in [6.07, 6.45) is 0. The van der Waals surface area contributed by atoms with Crippen LogP contribution in [0, 0.1) is 5.92 Å². The molecule has 0 N–H and O–H groups in total. The molecule has 5 nitrogen and oxygen atoms in total. The molecule has 0 aliphatic carbocycles. The van der Waals surface area contributed by atoms with Gasteiger partial charge in [-0.15, -0.1) is 0 Å². The van der Waals surface area contributed by atoms with Gasteiger partial charge in [0.2, 0.25) is 0 Å². The quantitative estimate of drug-likeness (QED) is 0.793. The minimum atomic E-state index is -1.26. The number of carbonyl (C=O) groups excluding carboxylic acids is 2. The Morgan fingerprint density at radius 3 is 2.46 bits per heavy atom. The van der Waals surface area contributed by atoms with E-state index in [2.05, 4.69) is 0 Å². The molecular weight excluding hydrogens is 330 g/mol. The van der Waals surface area contributed by atoms with Gasteiger partial charge in [0.15, 0.2) is 11.3 Å². The molecular formula is C21H21NO4. The van der Waals surface area contributed by atoms with Gasteiger partial charge in [0.1, 0.15) is 11.5 Å². The maximum Gasteiger partial charge on any atom is 0.315 e. The van der Waals surface area contributed by atoms with E-state index in [1.165, 1.54) is 0 Å².